The number of nitrogens with zero attached hydrogens (tertiary/aromatic N) is 1. The summed E-state index contributed by atoms with van der Waals surface area (Å²) in [5, 5.41) is 19.7. The second-order valence-electron chi connectivity index (χ2n) is 5.76. The van der Waals surface area contributed by atoms with Gasteiger partial charge in [0.2, 0.25) is 5.91 Å². The van der Waals surface area contributed by atoms with Crippen LogP contribution in [0.2, 0.25) is 0 Å². The standard InChI is InChI=1S/C16H24N2O4/c17-16(21)15(20)12-6-8-18(9-7-12)10-13(19)11-22-14-4-2-1-3-5-14/h1-5,12-13,15,19-20H,6-11H2,(H2,17,21)/t13-,15-/m0/s1. The number of hydrogen-bond acceptors (Lipinski definition) is 5. The normalized spacial score (nSPS) is 19.5. The van der Waals surface area contributed by atoms with Gasteiger partial charge in [0.25, 0.3) is 0 Å². The number of carbonyl (C=O) groups is 1. The number of para-hydroxylation sites is 1. The van der Waals surface area contributed by atoms with Gasteiger partial charge in [0.15, 0.2) is 0 Å². The molecule has 22 heavy (non-hydrogen) atoms. The highest BCUT2D eigenvalue weighted by molar-refractivity contribution is 5.78. The Hall–Kier alpha value is -1.63. The van der Waals surface area contributed by atoms with E-state index in [0.717, 1.165) is 18.8 Å². The van der Waals surface area contributed by atoms with Crippen molar-refractivity contribution in [2.75, 3.05) is 26.2 Å². The van der Waals surface area contributed by atoms with E-state index in [4.69, 9.17) is 10.5 Å². The molecule has 0 unspecified atom stereocenters. The van der Waals surface area contributed by atoms with Crippen molar-refractivity contribution in [1.29, 1.82) is 0 Å². The zero-order valence-electron chi connectivity index (χ0n) is 12.6. The van der Waals surface area contributed by atoms with Crippen molar-refractivity contribution >= 4 is 5.91 Å². The number of β-amino-alcohol motifs (C(OH)–C–C–N with tert-alkyl or cyclic N) is 1. The van der Waals surface area contributed by atoms with Crippen molar-refractivity contribution in [2.24, 2.45) is 11.7 Å². The van der Waals surface area contributed by atoms with Crippen LogP contribution in [-0.4, -0.2) is 59.5 Å². The van der Waals surface area contributed by atoms with E-state index in [1.54, 1.807) is 0 Å². The van der Waals surface area contributed by atoms with Crippen LogP contribution in [0.3, 0.4) is 0 Å². The first kappa shape index (κ1) is 16.7. The molecule has 1 aliphatic rings. The summed E-state index contributed by atoms with van der Waals surface area (Å²) in [5.41, 5.74) is 5.12. The number of hydrogen-bond donors (Lipinski definition) is 3. The summed E-state index contributed by atoms with van der Waals surface area (Å²) < 4.78 is 5.52. The van der Waals surface area contributed by atoms with Crippen molar-refractivity contribution in [3.05, 3.63) is 30.3 Å². The molecule has 1 saturated heterocycles. The lowest BCUT2D eigenvalue weighted by Gasteiger charge is -2.34. The minimum absolute atomic E-state index is 0.0774. The van der Waals surface area contributed by atoms with E-state index in [9.17, 15) is 15.0 Å². The molecule has 1 aromatic carbocycles. The lowest BCUT2D eigenvalue weighted by Crippen LogP contribution is -2.45. The number of ether oxygens (including phenoxy) is 1. The Kier molecular flexibility index (Phi) is 6.18. The lowest BCUT2D eigenvalue weighted by atomic mass is 9.91. The molecule has 0 aliphatic carbocycles. The molecule has 2 rings (SSSR count). The molecular formula is C16H24N2O4. The van der Waals surface area contributed by atoms with Crippen LogP contribution in [0, 0.1) is 5.92 Å². The van der Waals surface area contributed by atoms with Gasteiger partial charge in [-0.05, 0) is 44.0 Å². The van der Waals surface area contributed by atoms with E-state index in [0.29, 0.717) is 19.4 Å². The number of primary amides is 1. The number of benzene rings is 1. The van der Waals surface area contributed by atoms with Crippen LogP contribution >= 0.6 is 0 Å². The predicted octanol–water partition coefficient (Wildman–Crippen LogP) is -0.0155. The van der Waals surface area contributed by atoms with Gasteiger partial charge >= 0.3 is 0 Å². The molecule has 0 saturated carbocycles. The maximum absolute atomic E-state index is 11.0. The van der Waals surface area contributed by atoms with Crippen molar-refractivity contribution in [2.45, 2.75) is 25.0 Å². The number of amides is 1. The fraction of sp³-hybridized carbons (Fsp3) is 0.562. The van der Waals surface area contributed by atoms with Gasteiger partial charge in [-0.2, -0.15) is 0 Å². The minimum Gasteiger partial charge on any atom is -0.491 e. The Bertz CT molecular complexity index is 460. The summed E-state index contributed by atoms with van der Waals surface area (Å²) in [6.07, 6.45) is -0.224. The van der Waals surface area contributed by atoms with Gasteiger partial charge in [0.1, 0.15) is 24.6 Å². The van der Waals surface area contributed by atoms with Crippen molar-refractivity contribution in [3.8, 4) is 5.75 Å². The van der Waals surface area contributed by atoms with Gasteiger partial charge in [-0.15, -0.1) is 0 Å². The molecule has 1 aromatic rings. The second-order valence-corrected chi connectivity index (χ2v) is 5.76. The molecule has 122 valence electrons. The first-order chi connectivity index (χ1) is 10.6. The summed E-state index contributed by atoms with van der Waals surface area (Å²) in [4.78, 5) is 13.1. The van der Waals surface area contributed by atoms with E-state index < -0.39 is 18.1 Å². The summed E-state index contributed by atoms with van der Waals surface area (Å²) in [7, 11) is 0. The van der Waals surface area contributed by atoms with E-state index in [2.05, 4.69) is 4.90 Å². The van der Waals surface area contributed by atoms with Crippen molar-refractivity contribution < 1.29 is 19.7 Å². The zero-order chi connectivity index (χ0) is 15.9. The second kappa shape index (κ2) is 8.12. The monoisotopic (exact) mass is 308 g/mol. The number of aliphatic hydroxyl groups is 2. The lowest BCUT2D eigenvalue weighted by molar-refractivity contribution is -0.129. The fourth-order valence-corrected chi connectivity index (χ4v) is 2.74. The van der Waals surface area contributed by atoms with Crippen molar-refractivity contribution in [1.82, 2.24) is 4.90 Å². The largest absolute Gasteiger partial charge is 0.491 e. The molecule has 0 bridgehead atoms. The predicted molar refractivity (Wildman–Crippen MR) is 82.3 cm³/mol. The highest BCUT2D eigenvalue weighted by atomic mass is 16.5. The third-order valence-corrected chi connectivity index (χ3v) is 4.02. The molecule has 0 spiro atoms. The van der Waals surface area contributed by atoms with Crippen molar-refractivity contribution in [3.63, 3.8) is 0 Å². The minimum atomic E-state index is -1.06. The summed E-state index contributed by atoms with van der Waals surface area (Å²) >= 11 is 0. The van der Waals surface area contributed by atoms with E-state index >= 15 is 0 Å². The quantitative estimate of drug-likeness (QED) is 0.658. The van der Waals surface area contributed by atoms with Crippen LogP contribution in [0.1, 0.15) is 12.8 Å². The van der Waals surface area contributed by atoms with E-state index in [-0.39, 0.29) is 12.5 Å². The molecular weight excluding hydrogens is 284 g/mol. The maximum atomic E-state index is 11.0. The van der Waals surface area contributed by atoms with Crippen LogP contribution < -0.4 is 10.5 Å². The first-order valence-electron chi connectivity index (χ1n) is 7.62. The zero-order valence-corrected chi connectivity index (χ0v) is 12.6. The SMILES string of the molecule is NC(=O)[C@@H](O)C1CCN(C[C@H](O)COc2ccccc2)CC1. The summed E-state index contributed by atoms with van der Waals surface area (Å²) in [5.74, 6) is 0.00560. The third kappa shape index (κ3) is 4.98. The highest BCUT2D eigenvalue weighted by Crippen LogP contribution is 2.20. The van der Waals surface area contributed by atoms with Gasteiger partial charge < -0.3 is 25.6 Å². The van der Waals surface area contributed by atoms with Gasteiger partial charge in [0.05, 0.1) is 0 Å². The Labute approximate surface area is 130 Å². The summed E-state index contributed by atoms with van der Waals surface area (Å²) in [6, 6.07) is 9.38. The Morgan fingerprint density at radius 1 is 1.27 bits per heavy atom. The van der Waals surface area contributed by atoms with Gasteiger partial charge in [0, 0.05) is 6.54 Å². The van der Waals surface area contributed by atoms with Crippen LogP contribution in [0.25, 0.3) is 0 Å². The topological polar surface area (TPSA) is 96.0 Å². The number of nitrogens with two attached hydrogens (primary N) is 1. The number of rotatable bonds is 7. The van der Waals surface area contributed by atoms with Crippen LogP contribution in [0.15, 0.2) is 30.3 Å². The molecule has 2 atom stereocenters. The number of aliphatic hydroxyl groups excluding tert-OH is 2. The van der Waals surface area contributed by atoms with E-state index in [1.807, 2.05) is 30.3 Å². The number of carbonyl (C=O) groups excluding carboxylic acids is 1. The maximum Gasteiger partial charge on any atom is 0.246 e. The molecule has 1 amide bonds. The van der Waals surface area contributed by atoms with Crippen LogP contribution in [0.5, 0.6) is 5.75 Å². The fourth-order valence-electron chi connectivity index (χ4n) is 2.74. The molecule has 1 aliphatic heterocycles. The molecule has 0 aromatic heterocycles. The third-order valence-electron chi connectivity index (χ3n) is 4.02. The molecule has 6 heteroatoms. The average molecular weight is 308 g/mol. The van der Waals surface area contributed by atoms with Gasteiger partial charge in [-0.1, -0.05) is 18.2 Å². The van der Waals surface area contributed by atoms with Gasteiger partial charge in [-0.3, -0.25) is 4.79 Å². The Morgan fingerprint density at radius 3 is 2.50 bits per heavy atom. The first-order valence-corrected chi connectivity index (χ1v) is 7.62. The molecule has 4 N–H and O–H groups in total. The molecule has 6 nitrogen and oxygen atoms in total. The van der Waals surface area contributed by atoms with E-state index in [1.165, 1.54) is 0 Å². The average Bonchev–Trinajstić information content (AvgIpc) is 2.54. The van der Waals surface area contributed by atoms with Crippen LogP contribution in [-0.2, 0) is 4.79 Å². The number of piperidine rings is 1. The highest BCUT2D eigenvalue weighted by Gasteiger charge is 2.28. The Morgan fingerprint density at radius 2 is 1.91 bits per heavy atom. The number of likely N-dealkylation sites (tertiary alicyclic amines) is 1. The smallest absolute Gasteiger partial charge is 0.246 e. The molecule has 1 heterocycles. The van der Waals surface area contributed by atoms with Crippen LogP contribution in [0.4, 0.5) is 0 Å². The molecule has 1 fully saturated rings. The Balaban J connectivity index is 1.68. The van der Waals surface area contributed by atoms with Gasteiger partial charge in [-0.25, -0.2) is 0 Å². The summed E-state index contributed by atoms with van der Waals surface area (Å²) in [6.45, 7) is 2.23. The molecule has 0 radical (unpaired) electrons.